The average molecular weight is 410 g/mol. The molecule has 1 N–H and O–H groups in total. The fraction of sp³-hybridized carbons (Fsp3) is 0.348. The van der Waals surface area contributed by atoms with Crippen LogP contribution in [0.3, 0.4) is 0 Å². The molecular weight excluding hydrogens is 384 g/mol. The van der Waals surface area contributed by atoms with Gasteiger partial charge in [0.25, 0.3) is 5.91 Å². The van der Waals surface area contributed by atoms with E-state index in [9.17, 15) is 14.4 Å². The molecule has 0 spiro atoms. The van der Waals surface area contributed by atoms with E-state index in [1.165, 1.54) is 4.90 Å². The highest BCUT2D eigenvalue weighted by Crippen LogP contribution is 2.31. The quantitative estimate of drug-likeness (QED) is 0.558. The van der Waals surface area contributed by atoms with Crippen LogP contribution in [0.15, 0.2) is 48.5 Å². The molecule has 158 valence electrons. The number of para-hydroxylation sites is 2. The monoisotopic (exact) mass is 410 g/mol. The van der Waals surface area contributed by atoms with Crippen LogP contribution in [0.1, 0.15) is 31.7 Å². The molecule has 2 amide bonds. The number of amides is 2. The van der Waals surface area contributed by atoms with E-state index in [4.69, 9.17) is 9.47 Å². The van der Waals surface area contributed by atoms with Gasteiger partial charge in [-0.1, -0.05) is 24.3 Å². The number of carbonyl (C=O) groups is 3. The lowest BCUT2D eigenvalue weighted by atomic mass is 10.1. The maximum Gasteiger partial charge on any atom is 0.306 e. The minimum Gasteiger partial charge on any atom is -0.494 e. The van der Waals surface area contributed by atoms with Crippen molar-refractivity contribution in [2.24, 2.45) is 0 Å². The van der Waals surface area contributed by atoms with Crippen molar-refractivity contribution in [3.05, 3.63) is 54.1 Å². The number of anilines is 2. The number of ether oxygens (including phenoxy) is 2. The number of hydrogen-bond donors (Lipinski definition) is 1. The van der Waals surface area contributed by atoms with Crippen molar-refractivity contribution in [1.82, 2.24) is 0 Å². The van der Waals surface area contributed by atoms with Crippen LogP contribution in [0.2, 0.25) is 0 Å². The summed E-state index contributed by atoms with van der Waals surface area (Å²) in [6, 6.07) is 14.4. The largest absolute Gasteiger partial charge is 0.494 e. The lowest BCUT2D eigenvalue weighted by Gasteiger charge is -2.27. The number of fused-ring (bicyclic) bond motifs is 1. The Hall–Kier alpha value is -3.35. The standard InChI is InChI=1S/C23H26N2O5/c1-16-7-5-8-18(13-16)29-12-6-11-23(28)30-15-22(27)25-17(2)14-21(26)24-19-9-3-4-10-20(19)25/h3-5,7-10,13,17H,6,11-12,14-15H2,1-2H3,(H,24,26). The van der Waals surface area contributed by atoms with E-state index in [-0.39, 0.29) is 37.3 Å². The first kappa shape index (κ1) is 21.4. The van der Waals surface area contributed by atoms with Gasteiger partial charge >= 0.3 is 5.97 Å². The molecule has 0 saturated heterocycles. The van der Waals surface area contributed by atoms with Gasteiger partial charge in [-0.2, -0.15) is 0 Å². The maximum absolute atomic E-state index is 12.8. The zero-order valence-corrected chi connectivity index (χ0v) is 17.2. The lowest BCUT2D eigenvalue weighted by Crippen LogP contribution is -2.41. The maximum atomic E-state index is 12.8. The average Bonchev–Trinajstić information content (AvgIpc) is 2.83. The van der Waals surface area contributed by atoms with Gasteiger partial charge in [0, 0.05) is 18.9 Å². The third kappa shape index (κ3) is 5.59. The summed E-state index contributed by atoms with van der Waals surface area (Å²) in [5.41, 5.74) is 2.27. The molecule has 1 unspecified atom stereocenters. The molecule has 1 aliphatic rings. The van der Waals surface area contributed by atoms with Crippen LogP contribution in [0, 0.1) is 6.92 Å². The summed E-state index contributed by atoms with van der Waals surface area (Å²) < 4.78 is 10.8. The number of rotatable bonds is 7. The summed E-state index contributed by atoms with van der Waals surface area (Å²) in [5, 5.41) is 2.80. The molecule has 3 rings (SSSR count). The van der Waals surface area contributed by atoms with Gasteiger partial charge in [0.05, 0.1) is 18.0 Å². The van der Waals surface area contributed by atoms with E-state index in [1.807, 2.05) is 31.2 Å². The molecule has 0 saturated carbocycles. The number of nitrogens with one attached hydrogen (secondary N) is 1. The molecule has 0 bridgehead atoms. The first-order valence-corrected chi connectivity index (χ1v) is 10.00. The molecule has 0 radical (unpaired) electrons. The SMILES string of the molecule is Cc1cccc(OCCCC(=O)OCC(=O)N2c3ccccc3NC(=O)CC2C)c1. The number of nitrogens with zero attached hydrogens (tertiary/aromatic N) is 1. The van der Waals surface area contributed by atoms with Gasteiger partial charge in [-0.25, -0.2) is 0 Å². The van der Waals surface area contributed by atoms with E-state index in [0.717, 1.165) is 11.3 Å². The highest BCUT2D eigenvalue weighted by Gasteiger charge is 2.29. The van der Waals surface area contributed by atoms with Crippen molar-refractivity contribution in [3.8, 4) is 5.75 Å². The fourth-order valence-corrected chi connectivity index (χ4v) is 3.36. The number of aryl methyl sites for hydroxylation is 1. The Morgan fingerprint density at radius 1 is 1.17 bits per heavy atom. The number of carbonyl (C=O) groups excluding carboxylic acids is 3. The van der Waals surface area contributed by atoms with Crippen LogP contribution in [-0.2, 0) is 19.1 Å². The molecule has 7 nitrogen and oxygen atoms in total. The number of benzene rings is 2. The molecule has 0 fully saturated rings. The second-order valence-electron chi connectivity index (χ2n) is 7.31. The van der Waals surface area contributed by atoms with Gasteiger partial charge in [0.15, 0.2) is 6.61 Å². The fourth-order valence-electron chi connectivity index (χ4n) is 3.36. The lowest BCUT2D eigenvalue weighted by molar-refractivity contribution is -0.148. The molecule has 2 aromatic carbocycles. The Balaban J connectivity index is 1.48. The summed E-state index contributed by atoms with van der Waals surface area (Å²) in [6.07, 6.45) is 0.818. The van der Waals surface area contributed by atoms with Gasteiger partial charge < -0.3 is 19.7 Å². The molecule has 2 aromatic rings. The van der Waals surface area contributed by atoms with E-state index in [0.29, 0.717) is 24.4 Å². The second-order valence-corrected chi connectivity index (χ2v) is 7.31. The molecule has 1 aliphatic heterocycles. The van der Waals surface area contributed by atoms with Gasteiger partial charge in [0.1, 0.15) is 5.75 Å². The number of hydrogen-bond acceptors (Lipinski definition) is 5. The first-order valence-electron chi connectivity index (χ1n) is 10.00. The van der Waals surface area contributed by atoms with Crippen molar-refractivity contribution < 1.29 is 23.9 Å². The summed E-state index contributed by atoms with van der Waals surface area (Å²) >= 11 is 0. The molecule has 30 heavy (non-hydrogen) atoms. The highest BCUT2D eigenvalue weighted by atomic mass is 16.5. The normalized spacial score (nSPS) is 15.6. The van der Waals surface area contributed by atoms with Crippen molar-refractivity contribution in [3.63, 3.8) is 0 Å². The predicted octanol–water partition coefficient (Wildman–Crippen LogP) is 3.46. The minimum absolute atomic E-state index is 0.157. The van der Waals surface area contributed by atoms with Gasteiger partial charge in [0.2, 0.25) is 5.91 Å². The molecular formula is C23H26N2O5. The van der Waals surface area contributed by atoms with E-state index < -0.39 is 5.97 Å². The predicted molar refractivity (Wildman–Crippen MR) is 114 cm³/mol. The summed E-state index contributed by atoms with van der Waals surface area (Å²) in [7, 11) is 0. The minimum atomic E-state index is -0.457. The topological polar surface area (TPSA) is 84.9 Å². The third-order valence-electron chi connectivity index (χ3n) is 4.77. The Morgan fingerprint density at radius 3 is 2.77 bits per heavy atom. The van der Waals surface area contributed by atoms with Gasteiger partial charge in [-0.15, -0.1) is 0 Å². The Bertz CT molecular complexity index is 927. The van der Waals surface area contributed by atoms with Crippen LogP contribution in [-0.4, -0.2) is 37.0 Å². The van der Waals surface area contributed by atoms with Crippen LogP contribution in [0.4, 0.5) is 11.4 Å². The Labute approximate surface area is 176 Å². The van der Waals surface area contributed by atoms with E-state index >= 15 is 0 Å². The Kier molecular flexibility index (Phi) is 7.06. The van der Waals surface area contributed by atoms with Crippen LogP contribution in [0.25, 0.3) is 0 Å². The second kappa shape index (κ2) is 9.91. The Morgan fingerprint density at radius 2 is 1.97 bits per heavy atom. The van der Waals surface area contributed by atoms with Crippen molar-refractivity contribution >= 4 is 29.2 Å². The van der Waals surface area contributed by atoms with Gasteiger partial charge in [-0.3, -0.25) is 14.4 Å². The van der Waals surface area contributed by atoms with Crippen LogP contribution in [0.5, 0.6) is 5.75 Å². The van der Waals surface area contributed by atoms with E-state index in [2.05, 4.69) is 5.32 Å². The summed E-state index contributed by atoms with van der Waals surface area (Å²) in [5.74, 6) is -0.219. The summed E-state index contributed by atoms with van der Waals surface area (Å²) in [4.78, 5) is 38.3. The molecule has 0 aromatic heterocycles. The van der Waals surface area contributed by atoms with Crippen molar-refractivity contribution in [2.45, 2.75) is 39.2 Å². The van der Waals surface area contributed by atoms with Crippen molar-refractivity contribution in [2.75, 3.05) is 23.4 Å². The first-order chi connectivity index (χ1) is 14.4. The third-order valence-corrected chi connectivity index (χ3v) is 4.77. The zero-order chi connectivity index (χ0) is 21.5. The van der Waals surface area contributed by atoms with Gasteiger partial charge in [-0.05, 0) is 50.1 Å². The smallest absolute Gasteiger partial charge is 0.306 e. The van der Waals surface area contributed by atoms with E-state index in [1.54, 1.807) is 31.2 Å². The van der Waals surface area contributed by atoms with Crippen LogP contribution >= 0.6 is 0 Å². The van der Waals surface area contributed by atoms with Crippen LogP contribution < -0.4 is 15.0 Å². The number of esters is 1. The molecule has 1 atom stereocenters. The zero-order valence-electron chi connectivity index (χ0n) is 17.2. The highest BCUT2D eigenvalue weighted by molar-refractivity contribution is 6.05. The molecule has 7 heteroatoms. The molecule has 1 heterocycles. The summed E-state index contributed by atoms with van der Waals surface area (Å²) in [6.45, 7) is 3.79. The molecule has 0 aliphatic carbocycles. The van der Waals surface area contributed by atoms with Crippen molar-refractivity contribution in [1.29, 1.82) is 0 Å².